The Bertz CT molecular complexity index is 568. The van der Waals surface area contributed by atoms with Crippen molar-refractivity contribution in [1.82, 2.24) is 0 Å². The Morgan fingerprint density at radius 2 is 2.00 bits per heavy atom. The molecule has 0 aliphatic carbocycles. The van der Waals surface area contributed by atoms with Crippen LogP contribution in [0, 0.1) is 6.92 Å². The second-order valence-corrected chi connectivity index (χ2v) is 4.93. The van der Waals surface area contributed by atoms with E-state index in [9.17, 15) is 0 Å². The maximum atomic E-state index is 6.08. The van der Waals surface area contributed by atoms with Gasteiger partial charge in [0, 0.05) is 5.02 Å². The van der Waals surface area contributed by atoms with Crippen LogP contribution in [0.15, 0.2) is 42.5 Å². The van der Waals surface area contributed by atoms with Crippen LogP contribution in [0.1, 0.15) is 17.2 Å². The van der Waals surface area contributed by atoms with Gasteiger partial charge in [-0.05, 0) is 30.2 Å². The molecule has 1 atom stereocenters. The first-order chi connectivity index (χ1) is 8.74. The van der Waals surface area contributed by atoms with E-state index < -0.39 is 0 Å². The number of hydrogen-bond donors (Lipinski definition) is 1. The van der Waals surface area contributed by atoms with E-state index in [1.165, 1.54) is 5.56 Å². The topological polar surface area (TPSA) is 21.3 Å². The maximum Gasteiger partial charge on any atom is 0.146 e. The minimum absolute atomic E-state index is 0.0542. The van der Waals surface area contributed by atoms with Crippen molar-refractivity contribution in [2.45, 2.75) is 13.0 Å². The van der Waals surface area contributed by atoms with Gasteiger partial charge < -0.3 is 10.1 Å². The van der Waals surface area contributed by atoms with Gasteiger partial charge in [0.25, 0.3) is 0 Å². The molecule has 1 N–H and O–H groups in total. The predicted octanol–water partition coefficient (Wildman–Crippen LogP) is 4.19. The smallest absolute Gasteiger partial charge is 0.146 e. The van der Waals surface area contributed by atoms with E-state index in [0.717, 1.165) is 28.6 Å². The molecule has 0 bridgehead atoms. The Morgan fingerprint density at radius 1 is 1.22 bits per heavy atom. The molecule has 0 amide bonds. The zero-order valence-electron chi connectivity index (χ0n) is 10.1. The third-order valence-electron chi connectivity index (χ3n) is 3.15. The molecular weight excluding hydrogens is 246 g/mol. The van der Waals surface area contributed by atoms with Gasteiger partial charge in [-0.3, -0.25) is 0 Å². The quantitative estimate of drug-likeness (QED) is 0.829. The van der Waals surface area contributed by atoms with Crippen molar-refractivity contribution >= 4 is 17.3 Å². The number of rotatable bonds is 1. The van der Waals surface area contributed by atoms with Crippen LogP contribution in [0.2, 0.25) is 5.02 Å². The zero-order chi connectivity index (χ0) is 12.5. The highest BCUT2D eigenvalue weighted by Crippen LogP contribution is 2.38. The van der Waals surface area contributed by atoms with Crippen molar-refractivity contribution < 1.29 is 4.74 Å². The highest BCUT2D eigenvalue weighted by Gasteiger charge is 2.22. The lowest BCUT2D eigenvalue weighted by Gasteiger charge is -2.29. The highest BCUT2D eigenvalue weighted by atomic mass is 35.5. The third-order valence-corrected chi connectivity index (χ3v) is 3.37. The maximum absolute atomic E-state index is 6.08. The fourth-order valence-corrected chi connectivity index (χ4v) is 2.53. The van der Waals surface area contributed by atoms with Crippen LogP contribution in [0.25, 0.3) is 0 Å². The van der Waals surface area contributed by atoms with Crippen LogP contribution in [0.5, 0.6) is 5.75 Å². The van der Waals surface area contributed by atoms with Crippen LogP contribution in [-0.2, 0) is 0 Å². The minimum Gasteiger partial charge on any atom is -0.481 e. The summed E-state index contributed by atoms with van der Waals surface area (Å²) in [4.78, 5) is 0. The first-order valence-corrected chi connectivity index (χ1v) is 6.37. The molecule has 18 heavy (non-hydrogen) atoms. The van der Waals surface area contributed by atoms with Gasteiger partial charge in [-0.2, -0.15) is 0 Å². The average molecular weight is 260 g/mol. The lowest BCUT2D eigenvalue weighted by Crippen LogP contribution is -2.24. The molecule has 3 heteroatoms. The molecule has 1 heterocycles. The molecule has 92 valence electrons. The number of anilines is 1. The molecule has 0 saturated carbocycles. The van der Waals surface area contributed by atoms with Gasteiger partial charge >= 0.3 is 0 Å². The normalized spacial score (nSPS) is 17.6. The summed E-state index contributed by atoms with van der Waals surface area (Å²) >= 11 is 6.04. The van der Waals surface area contributed by atoms with Gasteiger partial charge in [0.15, 0.2) is 0 Å². The average Bonchev–Trinajstić information content (AvgIpc) is 2.39. The van der Waals surface area contributed by atoms with Crippen LogP contribution in [0.3, 0.4) is 0 Å². The molecule has 0 spiro atoms. The van der Waals surface area contributed by atoms with Crippen LogP contribution in [-0.4, -0.2) is 6.54 Å². The molecule has 2 aromatic rings. The van der Waals surface area contributed by atoms with Gasteiger partial charge in [-0.25, -0.2) is 0 Å². The number of nitrogens with one attached hydrogen (secondary N) is 1. The molecule has 2 aromatic carbocycles. The Balaban J connectivity index is 1.94. The highest BCUT2D eigenvalue weighted by molar-refractivity contribution is 6.31. The third kappa shape index (κ3) is 2.04. The SMILES string of the molecule is Cc1cc(Cl)cc2c1OC(c1ccccc1)CN2. The van der Waals surface area contributed by atoms with Crippen molar-refractivity contribution in [2.75, 3.05) is 11.9 Å². The lowest BCUT2D eigenvalue weighted by molar-refractivity contribution is 0.209. The molecule has 0 saturated heterocycles. The van der Waals surface area contributed by atoms with Crippen LogP contribution in [0.4, 0.5) is 5.69 Å². The summed E-state index contributed by atoms with van der Waals surface area (Å²) in [5, 5.41) is 4.12. The Kier molecular flexibility index (Phi) is 2.88. The van der Waals surface area contributed by atoms with Crippen molar-refractivity contribution in [3.05, 3.63) is 58.6 Å². The summed E-state index contributed by atoms with van der Waals surface area (Å²) in [6.07, 6.45) is 0.0542. The summed E-state index contributed by atoms with van der Waals surface area (Å²) in [6, 6.07) is 14.1. The number of fused-ring (bicyclic) bond motifs is 1. The molecule has 1 aliphatic rings. The van der Waals surface area contributed by atoms with E-state index in [4.69, 9.17) is 16.3 Å². The predicted molar refractivity (Wildman–Crippen MR) is 74.5 cm³/mol. The zero-order valence-corrected chi connectivity index (χ0v) is 10.9. The van der Waals surface area contributed by atoms with E-state index in [0.29, 0.717) is 0 Å². The molecule has 1 aliphatic heterocycles. The molecule has 1 unspecified atom stereocenters. The van der Waals surface area contributed by atoms with Gasteiger partial charge in [0.1, 0.15) is 11.9 Å². The van der Waals surface area contributed by atoms with Crippen LogP contribution >= 0.6 is 11.6 Å². The molecule has 2 nitrogen and oxygen atoms in total. The molecular formula is C15H14ClNO. The molecule has 0 fully saturated rings. The summed E-state index contributed by atoms with van der Waals surface area (Å²) in [5.74, 6) is 0.902. The second-order valence-electron chi connectivity index (χ2n) is 4.50. The van der Waals surface area contributed by atoms with Crippen LogP contribution < -0.4 is 10.1 Å². The first kappa shape index (κ1) is 11.4. The molecule has 3 rings (SSSR count). The summed E-state index contributed by atoms with van der Waals surface area (Å²) in [7, 11) is 0. The summed E-state index contributed by atoms with van der Waals surface area (Å²) in [6.45, 7) is 2.77. The van der Waals surface area contributed by atoms with Crippen molar-refractivity contribution in [3.63, 3.8) is 0 Å². The Labute approximate surface area is 112 Å². The van der Waals surface area contributed by atoms with E-state index >= 15 is 0 Å². The molecule has 0 radical (unpaired) electrons. The monoisotopic (exact) mass is 259 g/mol. The van der Waals surface area contributed by atoms with Gasteiger partial charge in [0.05, 0.1) is 12.2 Å². The second kappa shape index (κ2) is 4.54. The largest absolute Gasteiger partial charge is 0.481 e. The van der Waals surface area contributed by atoms with Crippen molar-refractivity contribution in [1.29, 1.82) is 0 Å². The van der Waals surface area contributed by atoms with Gasteiger partial charge in [-0.1, -0.05) is 41.9 Å². The fraction of sp³-hybridized carbons (Fsp3) is 0.200. The summed E-state index contributed by atoms with van der Waals surface area (Å²) in [5.41, 5.74) is 3.22. The van der Waals surface area contributed by atoms with E-state index in [1.807, 2.05) is 37.3 Å². The van der Waals surface area contributed by atoms with Crippen molar-refractivity contribution in [3.8, 4) is 5.75 Å². The Hall–Kier alpha value is -1.67. The van der Waals surface area contributed by atoms with Crippen molar-refractivity contribution in [2.24, 2.45) is 0 Å². The number of hydrogen-bond acceptors (Lipinski definition) is 2. The fourth-order valence-electron chi connectivity index (χ4n) is 2.26. The lowest BCUT2D eigenvalue weighted by atomic mass is 10.1. The minimum atomic E-state index is 0.0542. The Morgan fingerprint density at radius 3 is 2.78 bits per heavy atom. The number of aryl methyl sites for hydroxylation is 1. The van der Waals surface area contributed by atoms with E-state index in [1.54, 1.807) is 0 Å². The standard InChI is InChI=1S/C15H14ClNO/c1-10-7-12(16)8-13-15(10)18-14(9-17-13)11-5-3-2-4-6-11/h2-8,14,17H,9H2,1H3. The van der Waals surface area contributed by atoms with Gasteiger partial charge in [-0.15, -0.1) is 0 Å². The van der Waals surface area contributed by atoms with E-state index in [2.05, 4.69) is 17.4 Å². The molecule has 0 aromatic heterocycles. The van der Waals surface area contributed by atoms with E-state index in [-0.39, 0.29) is 6.10 Å². The first-order valence-electron chi connectivity index (χ1n) is 5.99. The number of benzene rings is 2. The number of halogens is 1. The summed E-state index contributed by atoms with van der Waals surface area (Å²) < 4.78 is 6.08. The number of ether oxygens (including phenoxy) is 1. The van der Waals surface area contributed by atoms with Gasteiger partial charge in [0.2, 0.25) is 0 Å².